The zero-order valence-corrected chi connectivity index (χ0v) is 17.7. The molecule has 2 aromatic heterocycles. The van der Waals surface area contributed by atoms with Crippen LogP contribution in [-0.4, -0.2) is 26.1 Å². The van der Waals surface area contributed by atoms with E-state index in [4.69, 9.17) is 0 Å². The van der Waals surface area contributed by atoms with E-state index < -0.39 is 6.04 Å². The number of pyridine rings is 1. The maximum absolute atomic E-state index is 12.8. The van der Waals surface area contributed by atoms with Crippen LogP contribution in [0.4, 0.5) is 0 Å². The molecule has 1 amide bonds. The Bertz CT molecular complexity index is 880. The highest BCUT2D eigenvalue weighted by Crippen LogP contribution is 2.39. The quantitative estimate of drug-likeness (QED) is 0.802. The molecule has 1 atom stereocenters. The van der Waals surface area contributed by atoms with Crippen molar-refractivity contribution in [1.82, 2.24) is 25.5 Å². The van der Waals surface area contributed by atoms with Gasteiger partial charge in [0, 0.05) is 23.9 Å². The molecule has 0 aliphatic heterocycles. The number of carbonyl (C=O) groups is 1. The number of carbonyl (C=O) groups excluding carboxylic acids is 1. The van der Waals surface area contributed by atoms with Crippen LogP contribution in [0.2, 0.25) is 0 Å². The lowest BCUT2D eigenvalue weighted by Gasteiger charge is -2.36. The number of hydrogen-bond donors (Lipinski definition) is 2. The molecule has 7 nitrogen and oxygen atoms in total. The number of rotatable bonds is 5. The van der Waals surface area contributed by atoms with E-state index >= 15 is 0 Å². The summed E-state index contributed by atoms with van der Waals surface area (Å²) in [6.45, 7) is 8.74. The van der Waals surface area contributed by atoms with Gasteiger partial charge in [0.25, 0.3) is 5.56 Å². The lowest BCUT2D eigenvalue weighted by atomic mass is 9.69. The van der Waals surface area contributed by atoms with Crippen molar-refractivity contribution in [2.45, 2.75) is 65.8 Å². The number of nitrogens with zero attached hydrogens (tertiary/aromatic N) is 3. The van der Waals surface area contributed by atoms with E-state index in [9.17, 15) is 9.59 Å². The Kier molecular flexibility index (Phi) is 6.45. The first kappa shape index (κ1) is 21.1. The van der Waals surface area contributed by atoms with Crippen LogP contribution in [0.25, 0.3) is 11.4 Å². The fourth-order valence-corrected chi connectivity index (χ4v) is 4.09. The summed E-state index contributed by atoms with van der Waals surface area (Å²) in [5.74, 6) is 1.07. The predicted octanol–water partition coefficient (Wildman–Crippen LogP) is 3.65. The van der Waals surface area contributed by atoms with Crippen molar-refractivity contribution in [2.75, 3.05) is 0 Å². The molecule has 3 rings (SSSR count). The molecule has 0 bridgehead atoms. The molecule has 156 valence electrons. The van der Waals surface area contributed by atoms with Crippen molar-refractivity contribution in [3.8, 4) is 11.4 Å². The molecule has 0 radical (unpaired) electrons. The van der Waals surface area contributed by atoms with Gasteiger partial charge >= 0.3 is 0 Å². The molecule has 2 aromatic rings. The lowest BCUT2D eigenvalue weighted by molar-refractivity contribution is -0.127. The van der Waals surface area contributed by atoms with Crippen molar-refractivity contribution < 1.29 is 4.79 Å². The van der Waals surface area contributed by atoms with Gasteiger partial charge in [0.15, 0.2) is 11.5 Å². The largest absolute Gasteiger partial charge is 0.347 e. The maximum atomic E-state index is 12.8. The standard InChI is InChI=1S/C22H31N5O2/c1-5-17(24-20(28)15-6-8-16(9-7-15)22(2,3)4)18-21(29)25-19(27-26-18)14-10-12-23-13-11-14/h10-13,15-17H,5-9H2,1-4H3,(H,24,28)(H,25,27,29)/t15-,16+,17?. The van der Waals surface area contributed by atoms with Gasteiger partial charge < -0.3 is 10.3 Å². The molecule has 1 aliphatic rings. The van der Waals surface area contributed by atoms with Crippen molar-refractivity contribution in [3.63, 3.8) is 0 Å². The molecule has 1 saturated carbocycles. The highest BCUT2D eigenvalue weighted by atomic mass is 16.2. The van der Waals surface area contributed by atoms with Crippen LogP contribution in [0.15, 0.2) is 29.3 Å². The van der Waals surface area contributed by atoms with E-state index in [2.05, 4.69) is 46.3 Å². The lowest BCUT2D eigenvalue weighted by Crippen LogP contribution is -2.39. The molecule has 1 fully saturated rings. The molecule has 0 aromatic carbocycles. The topological polar surface area (TPSA) is 101 Å². The number of H-pyrrole nitrogens is 1. The molecule has 1 aliphatic carbocycles. The molecule has 2 heterocycles. The third kappa shape index (κ3) is 5.08. The van der Waals surface area contributed by atoms with Crippen molar-refractivity contribution in [2.24, 2.45) is 17.3 Å². The van der Waals surface area contributed by atoms with Crippen LogP contribution in [0, 0.1) is 17.3 Å². The highest BCUT2D eigenvalue weighted by Gasteiger charge is 2.33. The summed E-state index contributed by atoms with van der Waals surface area (Å²) in [5.41, 5.74) is 0.952. The van der Waals surface area contributed by atoms with Crippen LogP contribution in [0.1, 0.15) is 71.5 Å². The number of aromatic amines is 1. The van der Waals surface area contributed by atoms with E-state index in [0.717, 1.165) is 31.2 Å². The van der Waals surface area contributed by atoms with Gasteiger partial charge in [0.05, 0.1) is 6.04 Å². The van der Waals surface area contributed by atoms with Gasteiger partial charge in [-0.3, -0.25) is 14.6 Å². The van der Waals surface area contributed by atoms with Gasteiger partial charge in [0.2, 0.25) is 5.91 Å². The Balaban J connectivity index is 1.67. The predicted molar refractivity (Wildman–Crippen MR) is 112 cm³/mol. The first-order valence-electron chi connectivity index (χ1n) is 10.5. The summed E-state index contributed by atoms with van der Waals surface area (Å²) in [4.78, 5) is 32.2. The van der Waals surface area contributed by atoms with Gasteiger partial charge in [-0.05, 0) is 55.6 Å². The smallest absolute Gasteiger partial charge is 0.275 e. The van der Waals surface area contributed by atoms with Gasteiger partial charge in [-0.25, -0.2) is 0 Å². The fourth-order valence-electron chi connectivity index (χ4n) is 4.09. The molecular formula is C22H31N5O2. The Morgan fingerprint density at radius 3 is 2.38 bits per heavy atom. The number of hydrogen-bond acceptors (Lipinski definition) is 5. The summed E-state index contributed by atoms with van der Waals surface area (Å²) in [7, 11) is 0. The summed E-state index contributed by atoms with van der Waals surface area (Å²) >= 11 is 0. The molecule has 29 heavy (non-hydrogen) atoms. The molecule has 0 saturated heterocycles. The second-order valence-electron chi connectivity index (χ2n) is 9.01. The molecule has 7 heteroatoms. The summed E-state index contributed by atoms with van der Waals surface area (Å²) in [6.07, 6.45) is 7.77. The first-order chi connectivity index (χ1) is 13.8. The highest BCUT2D eigenvalue weighted by molar-refractivity contribution is 5.79. The van der Waals surface area contributed by atoms with Gasteiger partial charge in [0.1, 0.15) is 0 Å². The minimum Gasteiger partial charge on any atom is -0.347 e. The van der Waals surface area contributed by atoms with Crippen LogP contribution < -0.4 is 10.9 Å². The van der Waals surface area contributed by atoms with Crippen molar-refractivity contribution in [3.05, 3.63) is 40.6 Å². The average Bonchev–Trinajstić information content (AvgIpc) is 2.72. The van der Waals surface area contributed by atoms with Crippen LogP contribution >= 0.6 is 0 Å². The van der Waals surface area contributed by atoms with Crippen LogP contribution in [0.3, 0.4) is 0 Å². The molecular weight excluding hydrogens is 366 g/mol. The second-order valence-corrected chi connectivity index (χ2v) is 9.01. The van der Waals surface area contributed by atoms with E-state index in [0.29, 0.717) is 18.2 Å². The summed E-state index contributed by atoms with van der Waals surface area (Å²) in [5, 5.41) is 11.3. The fraction of sp³-hybridized carbons (Fsp3) is 0.591. The van der Waals surface area contributed by atoms with E-state index in [1.54, 1.807) is 24.5 Å². The molecule has 0 spiro atoms. The third-order valence-corrected chi connectivity index (χ3v) is 6.05. The minimum absolute atomic E-state index is 0.00535. The molecule has 1 unspecified atom stereocenters. The second kappa shape index (κ2) is 8.84. The summed E-state index contributed by atoms with van der Waals surface area (Å²) in [6, 6.07) is 3.07. The van der Waals surface area contributed by atoms with E-state index in [-0.39, 0.29) is 28.5 Å². The van der Waals surface area contributed by atoms with Crippen LogP contribution in [-0.2, 0) is 4.79 Å². The SMILES string of the molecule is CCC(NC(=O)[C@H]1CC[C@@H](C(C)(C)C)CC1)c1nnc(-c2ccncc2)[nH]c1=O. The zero-order valence-electron chi connectivity index (χ0n) is 17.7. The van der Waals surface area contributed by atoms with E-state index in [1.165, 1.54) is 0 Å². The Morgan fingerprint density at radius 1 is 1.17 bits per heavy atom. The van der Waals surface area contributed by atoms with Gasteiger partial charge in [-0.2, -0.15) is 0 Å². The molecule has 2 N–H and O–H groups in total. The zero-order chi connectivity index (χ0) is 21.0. The van der Waals surface area contributed by atoms with E-state index in [1.807, 2.05) is 6.92 Å². The van der Waals surface area contributed by atoms with Gasteiger partial charge in [-0.15, -0.1) is 10.2 Å². The minimum atomic E-state index is -0.439. The Hall–Kier alpha value is -2.57. The number of amides is 1. The third-order valence-electron chi connectivity index (χ3n) is 6.05. The number of aromatic nitrogens is 4. The van der Waals surface area contributed by atoms with Crippen molar-refractivity contribution >= 4 is 5.91 Å². The van der Waals surface area contributed by atoms with Crippen LogP contribution in [0.5, 0.6) is 0 Å². The van der Waals surface area contributed by atoms with Gasteiger partial charge in [-0.1, -0.05) is 27.7 Å². The normalized spacial score (nSPS) is 20.8. The average molecular weight is 398 g/mol. The Labute approximate surface area is 171 Å². The summed E-state index contributed by atoms with van der Waals surface area (Å²) < 4.78 is 0. The monoisotopic (exact) mass is 397 g/mol. The number of nitrogens with one attached hydrogen (secondary N) is 2. The first-order valence-corrected chi connectivity index (χ1v) is 10.5. The maximum Gasteiger partial charge on any atom is 0.275 e. The van der Waals surface area contributed by atoms with Crippen molar-refractivity contribution in [1.29, 1.82) is 0 Å². The Morgan fingerprint density at radius 2 is 1.83 bits per heavy atom.